The quantitative estimate of drug-likeness (QED) is 0.727. The van der Waals surface area contributed by atoms with Gasteiger partial charge in [0.25, 0.3) is 0 Å². The molecule has 0 unspecified atom stereocenters. The van der Waals surface area contributed by atoms with Crippen LogP contribution in [0.4, 0.5) is 0 Å². The van der Waals surface area contributed by atoms with E-state index in [4.69, 9.17) is 0 Å². The molecule has 0 atom stereocenters. The van der Waals surface area contributed by atoms with Crippen molar-refractivity contribution in [1.29, 1.82) is 0 Å². The van der Waals surface area contributed by atoms with Crippen LogP contribution in [0, 0.1) is 11.8 Å². The first-order chi connectivity index (χ1) is 7.61. The molecule has 1 aliphatic carbocycles. The zero-order valence-electron chi connectivity index (χ0n) is 9.69. The Labute approximate surface area is 95.7 Å². The van der Waals surface area contributed by atoms with E-state index in [1.807, 2.05) is 12.1 Å². The molecule has 0 saturated carbocycles. The fourth-order valence-corrected chi connectivity index (χ4v) is 2.17. The number of rotatable bonds is 3. The summed E-state index contributed by atoms with van der Waals surface area (Å²) in [6, 6.07) is 7.14. The summed E-state index contributed by atoms with van der Waals surface area (Å²) >= 11 is 0. The highest BCUT2D eigenvalue weighted by molar-refractivity contribution is 6.26. The number of carbonyl (C=O) groups is 2. The van der Waals surface area contributed by atoms with Crippen LogP contribution in [0.25, 0.3) is 0 Å². The summed E-state index contributed by atoms with van der Waals surface area (Å²) < 4.78 is 0. The molecule has 0 N–H and O–H groups in total. The van der Waals surface area contributed by atoms with Crippen molar-refractivity contribution in [3.05, 3.63) is 35.4 Å². The molecule has 2 nitrogen and oxygen atoms in total. The van der Waals surface area contributed by atoms with Crippen molar-refractivity contribution in [2.24, 2.45) is 11.8 Å². The van der Waals surface area contributed by atoms with E-state index >= 15 is 0 Å². The second-order valence-corrected chi connectivity index (χ2v) is 4.80. The fourth-order valence-electron chi connectivity index (χ4n) is 2.17. The van der Waals surface area contributed by atoms with Gasteiger partial charge in [0, 0.05) is 11.1 Å². The number of hydrogen-bond acceptors (Lipinski definition) is 2. The third kappa shape index (κ3) is 1.80. The van der Waals surface area contributed by atoms with Crippen molar-refractivity contribution in [3.63, 3.8) is 0 Å². The lowest BCUT2D eigenvalue weighted by molar-refractivity contribution is 0.0827. The van der Waals surface area contributed by atoms with E-state index in [1.54, 1.807) is 12.1 Å². The van der Waals surface area contributed by atoms with Crippen LogP contribution in [0.15, 0.2) is 24.3 Å². The largest absolute Gasteiger partial charge is 0.293 e. The van der Waals surface area contributed by atoms with E-state index in [0.29, 0.717) is 23.5 Å². The van der Waals surface area contributed by atoms with Gasteiger partial charge in [-0.1, -0.05) is 38.1 Å². The van der Waals surface area contributed by atoms with Gasteiger partial charge in [0.1, 0.15) is 0 Å². The molecule has 0 radical (unpaired) electrons. The minimum atomic E-state index is -0.417. The number of hydrogen-bond donors (Lipinski definition) is 0. The van der Waals surface area contributed by atoms with Gasteiger partial charge in [-0.15, -0.1) is 0 Å². The van der Waals surface area contributed by atoms with Gasteiger partial charge in [0.15, 0.2) is 11.6 Å². The van der Waals surface area contributed by atoms with Gasteiger partial charge in [-0.05, 0) is 18.8 Å². The van der Waals surface area contributed by atoms with Crippen LogP contribution >= 0.6 is 0 Å². The smallest absolute Gasteiger partial charge is 0.174 e. The summed E-state index contributed by atoms with van der Waals surface area (Å²) in [7, 11) is 0. The summed E-state index contributed by atoms with van der Waals surface area (Å²) in [5.41, 5.74) is 1.22. The molecule has 2 heteroatoms. The van der Waals surface area contributed by atoms with E-state index in [2.05, 4.69) is 13.8 Å². The lowest BCUT2D eigenvalue weighted by atomic mass is 9.94. The molecule has 0 saturated heterocycles. The Bertz CT molecular complexity index is 397. The monoisotopic (exact) mass is 216 g/mol. The van der Waals surface area contributed by atoms with Gasteiger partial charge in [-0.3, -0.25) is 9.59 Å². The average Bonchev–Trinajstić information content (AvgIpc) is 2.50. The predicted molar refractivity (Wildman–Crippen MR) is 62.7 cm³/mol. The van der Waals surface area contributed by atoms with Crippen LogP contribution in [0.1, 0.15) is 47.4 Å². The normalized spacial score (nSPS) is 15.9. The lowest BCUT2D eigenvalue weighted by Crippen LogP contribution is -2.15. The highest BCUT2D eigenvalue weighted by atomic mass is 16.2. The van der Waals surface area contributed by atoms with Gasteiger partial charge in [-0.2, -0.15) is 0 Å². The van der Waals surface area contributed by atoms with E-state index in [0.717, 1.165) is 6.42 Å². The molecule has 16 heavy (non-hydrogen) atoms. The molecule has 0 amide bonds. The molecule has 1 aliphatic rings. The predicted octanol–water partition coefficient (Wildman–Crippen LogP) is 3.12. The Morgan fingerprint density at radius 3 is 2.00 bits per heavy atom. The molecule has 0 aliphatic heterocycles. The van der Waals surface area contributed by atoms with Crippen LogP contribution in [0.5, 0.6) is 0 Å². The summed E-state index contributed by atoms with van der Waals surface area (Å²) in [6.45, 7) is 4.22. The van der Waals surface area contributed by atoms with E-state index in [9.17, 15) is 9.59 Å². The van der Waals surface area contributed by atoms with Crippen molar-refractivity contribution in [2.75, 3.05) is 0 Å². The molecule has 1 aromatic rings. The number of fused-ring (bicyclic) bond motifs is 1. The highest BCUT2D eigenvalue weighted by Gasteiger charge is 2.37. The zero-order chi connectivity index (χ0) is 11.7. The molecular formula is C14H16O2. The number of ketones is 2. The van der Waals surface area contributed by atoms with Gasteiger partial charge < -0.3 is 0 Å². The minimum absolute atomic E-state index is 0.0150. The first-order valence-corrected chi connectivity index (χ1v) is 5.78. The van der Waals surface area contributed by atoms with Crippen molar-refractivity contribution in [1.82, 2.24) is 0 Å². The van der Waals surface area contributed by atoms with Crippen LogP contribution in [0.2, 0.25) is 0 Å². The van der Waals surface area contributed by atoms with Crippen LogP contribution < -0.4 is 0 Å². The lowest BCUT2D eigenvalue weighted by Gasteiger charge is -2.08. The minimum Gasteiger partial charge on any atom is -0.293 e. The molecule has 0 aromatic heterocycles. The molecular weight excluding hydrogens is 200 g/mol. The first kappa shape index (κ1) is 11.1. The number of carbonyl (C=O) groups excluding carboxylic acids is 2. The molecule has 0 bridgehead atoms. The first-order valence-electron chi connectivity index (χ1n) is 5.78. The summed E-state index contributed by atoms with van der Waals surface area (Å²) in [4.78, 5) is 24.0. The third-order valence-corrected chi connectivity index (χ3v) is 3.12. The van der Waals surface area contributed by atoms with Crippen LogP contribution in [0.3, 0.4) is 0 Å². The summed E-state index contributed by atoms with van der Waals surface area (Å²) in [6.07, 6.45) is 1.61. The second-order valence-electron chi connectivity index (χ2n) is 4.80. The zero-order valence-corrected chi connectivity index (χ0v) is 9.69. The molecule has 1 aromatic carbocycles. The Hall–Kier alpha value is -1.44. The van der Waals surface area contributed by atoms with Crippen molar-refractivity contribution in [3.8, 4) is 0 Å². The van der Waals surface area contributed by atoms with E-state index in [-0.39, 0.29) is 11.6 Å². The Morgan fingerprint density at radius 2 is 1.56 bits per heavy atom. The van der Waals surface area contributed by atoms with Crippen LogP contribution in [-0.4, -0.2) is 11.6 Å². The molecule has 0 fully saturated rings. The SMILES string of the molecule is CC(C)CCC1C(=O)c2ccccc2C1=O. The maximum atomic E-state index is 12.0. The third-order valence-electron chi connectivity index (χ3n) is 3.12. The maximum absolute atomic E-state index is 12.0. The van der Waals surface area contributed by atoms with Crippen LogP contribution in [-0.2, 0) is 0 Å². The Morgan fingerprint density at radius 1 is 1.06 bits per heavy atom. The molecule has 0 heterocycles. The van der Waals surface area contributed by atoms with Crippen molar-refractivity contribution < 1.29 is 9.59 Å². The Balaban J connectivity index is 2.22. The molecule has 0 spiro atoms. The summed E-state index contributed by atoms with van der Waals surface area (Å²) in [5, 5.41) is 0. The van der Waals surface area contributed by atoms with E-state index < -0.39 is 5.92 Å². The van der Waals surface area contributed by atoms with Gasteiger partial charge in [0.2, 0.25) is 0 Å². The molecule has 2 rings (SSSR count). The average molecular weight is 216 g/mol. The van der Waals surface area contributed by atoms with Gasteiger partial charge in [0.05, 0.1) is 5.92 Å². The second kappa shape index (κ2) is 4.20. The van der Waals surface area contributed by atoms with Crippen molar-refractivity contribution in [2.45, 2.75) is 26.7 Å². The van der Waals surface area contributed by atoms with Gasteiger partial charge >= 0.3 is 0 Å². The standard InChI is InChI=1S/C14H16O2/c1-9(2)7-8-12-13(15)10-5-3-4-6-11(10)14(12)16/h3-6,9,12H,7-8H2,1-2H3. The molecule has 84 valence electrons. The topological polar surface area (TPSA) is 34.1 Å². The maximum Gasteiger partial charge on any atom is 0.174 e. The number of Topliss-reactive ketones (excluding diaryl/α,β-unsaturated/α-hetero) is 2. The van der Waals surface area contributed by atoms with Crippen molar-refractivity contribution >= 4 is 11.6 Å². The van der Waals surface area contributed by atoms with Gasteiger partial charge in [-0.25, -0.2) is 0 Å². The highest BCUT2D eigenvalue weighted by Crippen LogP contribution is 2.30. The number of benzene rings is 1. The summed E-state index contributed by atoms with van der Waals surface area (Å²) in [5.74, 6) is 0.145. The fraction of sp³-hybridized carbons (Fsp3) is 0.429. The van der Waals surface area contributed by atoms with E-state index in [1.165, 1.54) is 0 Å². The Kier molecular flexibility index (Phi) is 2.90.